The van der Waals surface area contributed by atoms with Gasteiger partial charge in [-0.3, -0.25) is 4.79 Å². The molecule has 2 aliphatic heterocycles. The molecular weight excluding hydrogens is 454 g/mol. The molecule has 3 rings (SSSR count). The lowest BCUT2D eigenvalue weighted by atomic mass is 9.82. The van der Waals surface area contributed by atoms with Crippen LogP contribution in [0.2, 0.25) is 0 Å². The fourth-order valence-electron chi connectivity index (χ4n) is 5.31. The minimum absolute atomic E-state index is 0.201. The van der Waals surface area contributed by atoms with Gasteiger partial charge >= 0.3 is 5.97 Å². The molecule has 3 aliphatic rings. The predicted molar refractivity (Wildman–Crippen MR) is 130 cm³/mol. The first-order valence-corrected chi connectivity index (χ1v) is 13.3. The highest BCUT2D eigenvalue weighted by atomic mass is 16.8. The van der Waals surface area contributed by atoms with Crippen molar-refractivity contribution in [2.75, 3.05) is 13.2 Å². The first-order chi connectivity index (χ1) is 16.5. The van der Waals surface area contributed by atoms with E-state index >= 15 is 0 Å². The van der Waals surface area contributed by atoms with Gasteiger partial charge in [0.25, 0.3) is 0 Å². The third-order valence-electron chi connectivity index (χ3n) is 7.13. The zero-order chi connectivity index (χ0) is 25.6. The number of nitrogens with zero attached hydrogens (tertiary/aromatic N) is 1. The molecule has 3 fully saturated rings. The zero-order valence-electron chi connectivity index (χ0n) is 22.1. The molecular formula is C26H45NO8. The summed E-state index contributed by atoms with van der Waals surface area (Å²) in [6, 6.07) is -0.357. The number of esters is 1. The number of unbranched alkanes of at least 4 members (excludes halogenated alkanes) is 1. The van der Waals surface area contributed by atoms with Crippen LogP contribution >= 0.6 is 0 Å². The molecule has 5 atom stereocenters. The van der Waals surface area contributed by atoms with E-state index in [2.05, 4.69) is 0 Å². The lowest BCUT2D eigenvalue weighted by Gasteiger charge is -2.30. The van der Waals surface area contributed by atoms with E-state index in [9.17, 15) is 15.1 Å². The topological polar surface area (TPSA) is 110 Å². The number of hydrogen-bond donors (Lipinski definition) is 1. The molecule has 1 aliphatic carbocycles. The maximum Gasteiger partial charge on any atom is 0.306 e. The van der Waals surface area contributed by atoms with Crippen LogP contribution in [0.1, 0.15) is 92.4 Å². The van der Waals surface area contributed by atoms with Crippen molar-refractivity contribution in [1.29, 1.82) is 0 Å². The summed E-state index contributed by atoms with van der Waals surface area (Å²) in [6.45, 7) is 9.80. The summed E-state index contributed by atoms with van der Waals surface area (Å²) < 4.78 is 29.7. The Kier molecular flexibility index (Phi) is 9.97. The average Bonchev–Trinajstić information content (AvgIpc) is 3.32. The van der Waals surface area contributed by atoms with Crippen LogP contribution in [0.4, 0.5) is 0 Å². The minimum atomic E-state index is -1.03. The summed E-state index contributed by atoms with van der Waals surface area (Å²) >= 11 is 0. The quantitative estimate of drug-likeness (QED) is 0.115. The molecule has 0 radical (unpaired) electrons. The Morgan fingerprint density at radius 1 is 1.14 bits per heavy atom. The normalized spacial score (nSPS) is 30.8. The van der Waals surface area contributed by atoms with Crippen LogP contribution < -0.4 is 0 Å². The SMILES string of the molecule is CCCCOC(=O)CC[C@@H](C1CCCCC1)/[N+]([O-])=C/[C@H]1OC(C)(C)O[C@H]1[C@H](O)[C@H]1COC(C)(C)O1. The third-order valence-corrected chi connectivity index (χ3v) is 7.13. The second kappa shape index (κ2) is 12.3. The number of rotatable bonds is 11. The van der Waals surface area contributed by atoms with Crippen molar-refractivity contribution in [2.45, 2.75) is 134 Å². The van der Waals surface area contributed by atoms with Crippen molar-refractivity contribution in [3.05, 3.63) is 5.21 Å². The van der Waals surface area contributed by atoms with E-state index in [-0.39, 0.29) is 31.0 Å². The van der Waals surface area contributed by atoms with Gasteiger partial charge in [-0.05, 0) is 47.0 Å². The van der Waals surface area contributed by atoms with Gasteiger partial charge in [0.15, 0.2) is 29.9 Å². The summed E-state index contributed by atoms with van der Waals surface area (Å²) in [5.74, 6) is -1.82. The van der Waals surface area contributed by atoms with Crippen LogP contribution in [-0.4, -0.2) is 77.3 Å². The third kappa shape index (κ3) is 8.12. The van der Waals surface area contributed by atoms with Crippen LogP contribution in [0.5, 0.6) is 0 Å². The van der Waals surface area contributed by atoms with E-state index in [4.69, 9.17) is 23.7 Å². The van der Waals surface area contributed by atoms with Crippen LogP contribution in [0.15, 0.2) is 0 Å². The van der Waals surface area contributed by atoms with Crippen molar-refractivity contribution >= 4 is 12.2 Å². The van der Waals surface area contributed by atoms with Gasteiger partial charge in [0.05, 0.1) is 19.6 Å². The van der Waals surface area contributed by atoms with E-state index < -0.39 is 36.0 Å². The summed E-state index contributed by atoms with van der Waals surface area (Å²) in [6.07, 6.45) is 6.02. The van der Waals surface area contributed by atoms with E-state index in [1.165, 1.54) is 12.6 Å². The van der Waals surface area contributed by atoms with Gasteiger partial charge < -0.3 is 34.0 Å². The predicted octanol–water partition coefficient (Wildman–Crippen LogP) is 3.67. The number of carbonyl (C=O) groups excluding carboxylic acids is 1. The van der Waals surface area contributed by atoms with E-state index in [0.29, 0.717) is 13.0 Å². The van der Waals surface area contributed by atoms with Crippen molar-refractivity contribution in [3.63, 3.8) is 0 Å². The largest absolute Gasteiger partial charge is 0.624 e. The van der Waals surface area contributed by atoms with Crippen LogP contribution in [0.25, 0.3) is 0 Å². The summed E-state index contributed by atoms with van der Waals surface area (Å²) in [7, 11) is 0. The van der Waals surface area contributed by atoms with E-state index in [0.717, 1.165) is 43.3 Å². The standard InChI is InChI=1S/C26H45NO8/c1-6-7-15-31-22(28)14-13-19(18-11-9-8-10-12-18)27(30)16-20-24(35-26(4,5)33-20)23(29)21-17-32-25(2,3)34-21/h16,18-21,23-24,29H,6-15,17H2,1-5H3/b27-16-/t19-,20+,21+,23+,24+/m0/s1. The highest BCUT2D eigenvalue weighted by Crippen LogP contribution is 2.35. The molecule has 9 nitrogen and oxygen atoms in total. The van der Waals surface area contributed by atoms with Crippen molar-refractivity contribution < 1.29 is 38.3 Å². The number of aliphatic hydroxyl groups is 1. The molecule has 0 amide bonds. The molecule has 0 aromatic rings. The molecule has 9 heteroatoms. The minimum Gasteiger partial charge on any atom is -0.624 e. The van der Waals surface area contributed by atoms with Gasteiger partial charge in [-0.15, -0.1) is 0 Å². The molecule has 0 unspecified atom stereocenters. The molecule has 0 bridgehead atoms. The molecule has 0 spiro atoms. The van der Waals surface area contributed by atoms with Crippen LogP contribution in [0.3, 0.4) is 0 Å². The highest BCUT2D eigenvalue weighted by Gasteiger charge is 2.51. The molecule has 2 saturated heterocycles. The van der Waals surface area contributed by atoms with Gasteiger partial charge in [-0.25, -0.2) is 4.74 Å². The van der Waals surface area contributed by atoms with Gasteiger partial charge in [0, 0.05) is 12.3 Å². The molecule has 1 N–H and O–H groups in total. The fourth-order valence-corrected chi connectivity index (χ4v) is 5.31. The van der Waals surface area contributed by atoms with Crippen molar-refractivity contribution in [1.82, 2.24) is 0 Å². The Balaban J connectivity index is 1.72. The Morgan fingerprint density at radius 2 is 1.86 bits per heavy atom. The van der Waals surface area contributed by atoms with Crippen molar-refractivity contribution in [2.24, 2.45) is 5.92 Å². The molecule has 0 aromatic carbocycles. The molecule has 0 aromatic heterocycles. The number of hydroxylamine groups is 1. The Hall–Kier alpha value is -1.26. The van der Waals surface area contributed by atoms with Gasteiger partial charge in [-0.2, -0.15) is 0 Å². The Morgan fingerprint density at radius 3 is 2.49 bits per heavy atom. The number of aliphatic hydroxyl groups excluding tert-OH is 1. The zero-order valence-corrected chi connectivity index (χ0v) is 22.1. The van der Waals surface area contributed by atoms with E-state index in [1.807, 2.05) is 6.92 Å². The van der Waals surface area contributed by atoms with Crippen LogP contribution in [-0.2, 0) is 28.5 Å². The maximum atomic E-state index is 13.5. The average molecular weight is 500 g/mol. The van der Waals surface area contributed by atoms with Crippen molar-refractivity contribution in [3.8, 4) is 0 Å². The number of ether oxygens (including phenoxy) is 5. The molecule has 202 valence electrons. The second-order valence-electron chi connectivity index (χ2n) is 11.0. The lowest BCUT2D eigenvalue weighted by molar-refractivity contribution is -0.512. The highest BCUT2D eigenvalue weighted by molar-refractivity contribution is 5.69. The smallest absolute Gasteiger partial charge is 0.306 e. The monoisotopic (exact) mass is 499 g/mol. The summed E-state index contributed by atoms with van der Waals surface area (Å²) in [4.78, 5) is 12.2. The summed E-state index contributed by atoms with van der Waals surface area (Å²) in [5, 5.41) is 24.6. The van der Waals surface area contributed by atoms with Gasteiger partial charge in [0.1, 0.15) is 18.3 Å². The summed E-state index contributed by atoms with van der Waals surface area (Å²) in [5.41, 5.74) is 0. The molecule has 35 heavy (non-hydrogen) atoms. The van der Waals surface area contributed by atoms with Gasteiger partial charge in [0.2, 0.25) is 0 Å². The van der Waals surface area contributed by atoms with E-state index in [1.54, 1.807) is 27.7 Å². The first kappa shape index (κ1) is 28.3. The lowest BCUT2D eigenvalue weighted by Crippen LogP contribution is -2.46. The fraction of sp³-hybridized carbons (Fsp3) is 0.923. The maximum absolute atomic E-state index is 13.5. The Bertz CT molecular complexity index is 718. The number of carbonyl (C=O) groups is 1. The first-order valence-electron chi connectivity index (χ1n) is 13.3. The number of hydrogen-bond acceptors (Lipinski definition) is 8. The molecule has 2 heterocycles. The molecule has 1 saturated carbocycles. The van der Waals surface area contributed by atoms with Gasteiger partial charge in [-0.1, -0.05) is 32.6 Å². The van der Waals surface area contributed by atoms with Crippen LogP contribution in [0, 0.1) is 11.1 Å². The second-order valence-corrected chi connectivity index (χ2v) is 11.0. The Labute approximate surface area is 209 Å².